The number of sulfonamides is 1. The van der Waals surface area contributed by atoms with Crippen molar-refractivity contribution in [1.29, 1.82) is 0 Å². The number of nitrogens with one attached hydrogen (secondary N) is 1. The number of hydrogen-bond donors (Lipinski definition) is 1. The molecule has 3 rings (SSSR count). The maximum absolute atomic E-state index is 12.7. The second-order valence-electron chi connectivity index (χ2n) is 6.42. The smallest absolute Gasteiger partial charge is 0.243 e. The topological polar surface area (TPSA) is 66.1 Å². The van der Waals surface area contributed by atoms with Crippen LogP contribution in [0.4, 0.5) is 0 Å². The van der Waals surface area contributed by atoms with Crippen LogP contribution in [0.5, 0.6) is 0 Å². The Morgan fingerprint density at radius 2 is 1.81 bits per heavy atom. The van der Waals surface area contributed by atoms with Gasteiger partial charge in [0.15, 0.2) is 0 Å². The number of aromatic nitrogens is 2. The van der Waals surface area contributed by atoms with Crippen molar-refractivity contribution in [3.05, 3.63) is 47.3 Å². The first kappa shape index (κ1) is 14.3. The Bertz CT molecular complexity index is 734. The quantitative estimate of drug-likeness (QED) is 0.926. The Morgan fingerprint density at radius 1 is 1.14 bits per heavy atom. The highest BCUT2D eigenvalue weighted by atomic mass is 32.2. The predicted octanol–water partition coefficient (Wildman–Crippen LogP) is 2.41. The van der Waals surface area contributed by atoms with Gasteiger partial charge >= 0.3 is 0 Å². The molecule has 0 fully saturated rings. The van der Waals surface area contributed by atoms with E-state index >= 15 is 0 Å². The van der Waals surface area contributed by atoms with E-state index in [-0.39, 0.29) is 5.41 Å². The normalized spacial score (nSPS) is 16.1. The van der Waals surface area contributed by atoms with E-state index < -0.39 is 10.0 Å². The average Bonchev–Trinajstić information content (AvgIpc) is 2.98. The molecule has 6 heteroatoms. The zero-order valence-corrected chi connectivity index (χ0v) is 13.2. The van der Waals surface area contributed by atoms with Crippen LogP contribution in [-0.4, -0.2) is 22.9 Å². The highest BCUT2D eigenvalue weighted by molar-refractivity contribution is 7.89. The Hall–Kier alpha value is -1.66. The molecule has 1 aliphatic rings. The zero-order valence-electron chi connectivity index (χ0n) is 12.4. The summed E-state index contributed by atoms with van der Waals surface area (Å²) in [7, 11) is -3.45. The van der Waals surface area contributed by atoms with E-state index in [0.29, 0.717) is 18.0 Å². The van der Waals surface area contributed by atoms with Crippen LogP contribution in [0, 0.1) is 0 Å². The molecule has 1 N–H and O–H groups in total. The number of hydrogen-bond acceptors (Lipinski definition) is 3. The monoisotopic (exact) mass is 305 g/mol. The van der Waals surface area contributed by atoms with E-state index in [9.17, 15) is 8.42 Å². The molecule has 0 unspecified atom stereocenters. The Balaban J connectivity index is 1.88. The van der Waals surface area contributed by atoms with Gasteiger partial charge in [-0.05, 0) is 23.1 Å². The fourth-order valence-electron chi connectivity index (χ4n) is 2.48. The van der Waals surface area contributed by atoms with Gasteiger partial charge in [0.2, 0.25) is 10.0 Å². The van der Waals surface area contributed by atoms with Gasteiger partial charge in [-0.1, -0.05) is 32.9 Å². The van der Waals surface area contributed by atoms with Crippen LogP contribution in [-0.2, 0) is 28.5 Å². The summed E-state index contributed by atoms with van der Waals surface area (Å²) in [5, 5.41) is 6.77. The van der Waals surface area contributed by atoms with Crippen molar-refractivity contribution in [2.45, 2.75) is 44.2 Å². The van der Waals surface area contributed by atoms with Crippen molar-refractivity contribution >= 4 is 10.0 Å². The SMILES string of the molecule is CC(C)(C)c1ccc(S(=O)(=O)N2Cc3cn[nH]c3C2)cc1. The van der Waals surface area contributed by atoms with Crippen LogP contribution in [0.3, 0.4) is 0 Å². The van der Waals surface area contributed by atoms with Crippen molar-refractivity contribution in [2.24, 2.45) is 0 Å². The van der Waals surface area contributed by atoms with Crippen molar-refractivity contribution in [3.63, 3.8) is 0 Å². The lowest BCUT2D eigenvalue weighted by Gasteiger charge is -2.20. The minimum Gasteiger partial charge on any atom is -0.281 e. The van der Waals surface area contributed by atoms with Gasteiger partial charge in [-0.25, -0.2) is 8.42 Å². The van der Waals surface area contributed by atoms with Crippen molar-refractivity contribution in [1.82, 2.24) is 14.5 Å². The van der Waals surface area contributed by atoms with Crippen LogP contribution < -0.4 is 0 Å². The zero-order chi connectivity index (χ0) is 15.3. The number of aromatic amines is 1. The second-order valence-corrected chi connectivity index (χ2v) is 8.36. The van der Waals surface area contributed by atoms with E-state index in [0.717, 1.165) is 16.8 Å². The summed E-state index contributed by atoms with van der Waals surface area (Å²) < 4.78 is 26.8. The van der Waals surface area contributed by atoms with E-state index in [1.807, 2.05) is 12.1 Å². The lowest BCUT2D eigenvalue weighted by molar-refractivity contribution is 0.427. The van der Waals surface area contributed by atoms with Gasteiger partial charge in [-0.3, -0.25) is 5.10 Å². The fourth-order valence-corrected chi connectivity index (χ4v) is 3.87. The molecule has 5 nitrogen and oxygen atoms in total. The first-order valence-electron chi connectivity index (χ1n) is 6.90. The molecule has 0 saturated heterocycles. The third-order valence-corrected chi connectivity index (χ3v) is 5.65. The molecule has 0 spiro atoms. The van der Waals surface area contributed by atoms with Crippen molar-refractivity contribution in [2.75, 3.05) is 0 Å². The number of rotatable bonds is 2. The Morgan fingerprint density at radius 3 is 2.38 bits per heavy atom. The number of nitrogens with zero attached hydrogens (tertiary/aromatic N) is 2. The summed E-state index contributed by atoms with van der Waals surface area (Å²) in [4.78, 5) is 0.341. The van der Waals surface area contributed by atoms with Crippen LogP contribution in [0.25, 0.3) is 0 Å². The van der Waals surface area contributed by atoms with Gasteiger partial charge in [-0.15, -0.1) is 0 Å². The molecule has 2 aromatic rings. The molecule has 1 aliphatic heterocycles. The van der Waals surface area contributed by atoms with Crippen LogP contribution >= 0.6 is 0 Å². The molecule has 112 valence electrons. The van der Waals surface area contributed by atoms with Crippen LogP contribution in [0.2, 0.25) is 0 Å². The largest absolute Gasteiger partial charge is 0.281 e. The summed E-state index contributed by atoms with van der Waals surface area (Å²) in [6.45, 7) is 7.07. The van der Waals surface area contributed by atoms with Crippen molar-refractivity contribution < 1.29 is 8.42 Å². The molecule has 1 aromatic carbocycles. The summed E-state index contributed by atoms with van der Waals surface area (Å²) >= 11 is 0. The first-order chi connectivity index (χ1) is 9.78. The third kappa shape index (κ3) is 2.49. The minimum atomic E-state index is -3.45. The minimum absolute atomic E-state index is 0.0129. The molecule has 0 aliphatic carbocycles. The van der Waals surface area contributed by atoms with E-state index in [2.05, 4.69) is 31.0 Å². The Labute approximate surface area is 125 Å². The van der Waals surface area contributed by atoms with Crippen LogP contribution in [0.1, 0.15) is 37.6 Å². The second kappa shape index (κ2) is 4.68. The molecule has 21 heavy (non-hydrogen) atoms. The molecular formula is C15H19N3O2S. The highest BCUT2D eigenvalue weighted by Gasteiger charge is 2.31. The van der Waals surface area contributed by atoms with Gasteiger partial charge in [-0.2, -0.15) is 9.40 Å². The lowest BCUT2D eigenvalue weighted by atomic mass is 9.87. The third-order valence-electron chi connectivity index (χ3n) is 3.85. The van der Waals surface area contributed by atoms with Gasteiger partial charge < -0.3 is 0 Å². The molecule has 0 bridgehead atoms. The Kier molecular flexibility index (Phi) is 3.18. The number of H-pyrrole nitrogens is 1. The first-order valence-corrected chi connectivity index (χ1v) is 8.34. The maximum Gasteiger partial charge on any atom is 0.243 e. The molecule has 1 aromatic heterocycles. The number of benzene rings is 1. The summed E-state index contributed by atoms with van der Waals surface area (Å²) in [5.74, 6) is 0. The predicted molar refractivity (Wildman–Crippen MR) is 80.2 cm³/mol. The average molecular weight is 305 g/mol. The maximum atomic E-state index is 12.7. The van der Waals surface area contributed by atoms with E-state index in [1.165, 1.54) is 4.31 Å². The van der Waals surface area contributed by atoms with Crippen LogP contribution in [0.15, 0.2) is 35.4 Å². The molecule has 2 heterocycles. The lowest BCUT2D eigenvalue weighted by Crippen LogP contribution is -2.26. The van der Waals surface area contributed by atoms with Gasteiger partial charge in [0.1, 0.15) is 0 Å². The molecule has 0 saturated carbocycles. The van der Waals surface area contributed by atoms with Gasteiger partial charge in [0.25, 0.3) is 0 Å². The summed E-state index contributed by atoms with van der Waals surface area (Å²) in [6, 6.07) is 7.18. The molecule has 0 radical (unpaired) electrons. The standard InChI is InChI=1S/C15H19N3O2S/c1-15(2,3)12-4-6-13(7-5-12)21(19,20)18-9-11-8-16-17-14(11)10-18/h4-8H,9-10H2,1-3H3,(H,16,17). The summed E-state index contributed by atoms with van der Waals surface area (Å²) in [5.41, 5.74) is 2.96. The van der Waals surface area contributed by atoms with Gasteiger partial charge in [0.05, 0.1) is 23.3 Å². The van der Waals surface area contributed by atoms with E-state index in [4.69, 9.17) is 0 Å². The molecule has 0 amide bonds. The molecular weight excluding hydrogens is 286 g/mol. The number of fused-ring (bicyclic) bond motifs is 1. The summed E-state index contributed by atoms with van der Waals surface area (Å²) in [6.07, 6.45) is 1.69. The highest BCUT2D eigenvalue weighted by Crippen LogP contribution is 2.29. The van der Waals surface area contributed by atoms with Gasteiger partial charge in [0, 0.05) is 12.1 Å². The molecule has 0 atom stereocenters. The fraction of sp³-hybridized carbons (Fsp3) is 0.400. The van der Waals surface area contributed by atoms with E-state index in [1.54, 1.807) is 18.3 Å². The van der Waals surface area contributed by atoms with Crippen molar-refractivity contribution in [3.8, 4) is 0 Å².